The van der Waals surface area contributed by atoms with E-state index in [-0.39, 0.29) is 5.95 Å². The Labute approximate surface area is 115 Å². The Kier molecular flexibility index (Phi) is 3.63. The van der Waals surface area contributed by atoms with Crippen molar-refractivity contribution < 1.29 is 0 Å². The second-order valence-corrected chi connectivity index (χ2v) is 5.06. The Morgan fingerprint density at radius 3 is 2.56 bits per heavy atom. The van der Waals surface area contributed by atoms with Crippen LogP contribution in [0.3, 0.4) is 0 Å². The molecule has 18 heavy (non-hydrogen) atoms. The maximum atomic E-state index is 6.22. The van der Waals surface area contributed by atoms with Gasteiger partial charge in [0.15, 0.2) is 0 Å². The SMILES string of the molecule is CSc1ccc(Cl)c(-c2c(C)nc(N)nc2N)c1. The van der Waals surface area contributed by atoms with E-state index in [4.69, 9.17) is 23.1 Å². The quantitative estimate of drug-likeness (QED) is 0.827. The summed E-state index contributed by atoms with van der Waals surface area (Å²) in [6.07, 6.45) is 2.00. The number of rotatable bonds is 2. The first-order valence-corrected chi connectivity index (χ1v) is 6.86. The molecule has 0 aliphatic rings. The summed E-state index contributed by atoms with van der Waals surface area (Å²) in [5, 5.41) is 0.621. The zero-order valence-electron chi connectivity index (χ0n) is 10.1. The topological polar surface area (TPSA) is 77.8 Å². The molecule has 4 N–H and O–H groups in total. The van der Waals surface area contributed by atoms with E-state index in [9.17, 15) is 0 Å². The monoisotopic (exact) mass is 280 g/mol. The van der Waals surface area contributed by atoms with Crippen molar-refractivity contribution in [1.29, 1.82) is 0 Å². The van der Waals surface area contributed by atoms with Crippen molar-refractivity contribution in [3.63, 3.8) is 0 Å². The van der Waals surface area contributed by atoms with Crippen LogP contribution in [0.15, 0.2) is 23.1 Å². The third kappa shape index (κ3) is 2.37. The van der Waals surface area contributed by atoms with Gasteiger partial charge in [0.25, 0.3) is 0 Å². The molecule has 0 aliphatic heterocycles. The normalized spacial score (nSPS) is 10.6. The average molecular weight is 281 g/mol. The Morgan fingerprint density at radius 2 is 1.94 bits per heavy atom. The number of nitrogens with zero attached hydrogens (tertiary/aromatic N) is 2. The van der Waals surface area contributed by atoms with Crippen LogP contribution < -0.4 is 11.5 Å². The van der Waals surface area contributed by atoms with Gasteiger partial charge in [0.2, 0.25) is 5.95 Å². The molecule has 0 saturated heterocycles. The molecule has 6 heteroatoms. The molecule has 0 aliphatic carbocycles. The van der Waals surface area contributed by atoms with Crippen LogP contribution in [0.5, 0.6) is 0 Å². The highest BCUT2D eigenvalue weighted by atomic mass is 35.5. The highest BCUT2D eigenvalue weighted by molar-refractivity contribution is 7.98. The van der Waals surface area contributed by atoms with Gasteiger partial charge < -0.3 is 11.5 Å². The predicted molar refractivity (Wildman–Crippen MR) is 77.8 cm³/mol. The smallest absolute Gasteiger partial charge is 0.222 e. The minimum absolute atomic E-state index is 0.172. The molecule has 0 fully saturated rings. The van der Waals surface area contributed by atoms with Crippen molar-refractivity contribution in [3.8, 4) is 11.1 Å². The van der Waals surface area contributed by atoms with Crippen LogP contribution in [0.2, 0.25) is 5.02 Å². The lowest BCUT2D eigenvalue weighted by atomic mass is 10.1. The summed E-state index contributed by atoms with van der Waals surface area (Å²) in [5.41, 5.74) is 13.8. The van der Waals surface area contributed by atoms with E-state index < -0.39 is 0 Å². The average Bonchev–Trinajstić information content (AvgIpc) is 2.30. The summed E-state index contributed by atoms with van der Waals surface area (Å²) in [7, 11) is 0. The standard InChI is InChI=1S/C12H13ClN4S/c1-6-10(11(14)17-12(15)16-6)8-5-7(18-2)3-4-9(8)13/h3-5H,1-2H3,(H4,14,15,16,17). The van der Waals surface area contributed by atoms with Crippen LogP contribution in [0, 0.1) is 6.92 Å². The van der Waals surface area contributed by atoms with Crippen molar-refractivity contribution in [2.75, 3.05) is 17.7 Å². The second kappa shape index (κ2) is 5.04. The first-order chi connectivity index (χ1) is 8.52. The van der Waals surface area contributed by atoms with Gasteiger partial charge in [-0.15, -0.1) is 11.8 Å². The van der Waals surface area contributed by atoms with Gasteiger partial charge >= 0.3 is 0 Å². The van der Waals surface area contributed by atoms with E-state index in [1.807, 2.05) is 31.4 Å². The van der Waals surface area contributed by atoms with E-state index in [2.05, 4.69) is 9.97 Å². The Hall–Kier alpha value is -1.46. The van der Waals surface area contributed by atoms with E-state index >= 15 is 0 Å². The van der Waals surface area contributed by atoms with Gasteiger partial charge in [-0.1, -0.05) is 11.6 Å². The predicted octanol–water partition coefficient (Wildman–Crippen LogP) is 2.99. The number of nitrogen functional groups attached to an aromatic ring is 2. The van der Waals surface area contributed by atoms with Gasteiger partial charge in [0.05, 0.1) is 5.69 Å². The molecule has 0 amide bonds. The molecule has 0 unspecified atom stereocenters. The highest BCUT2D eigenvalue weighted by Crippen LogP contribution is 2.35. The maximum Gasteiger partial charge on any atom is 0.222 e. The number of thioether (sulfide) groups is 1. The number of aromatic nitrogens is 2. The first-order valence-electron chi connectivity index (χ1n) is 5.26. The van der Waals surface area contributed by atoms with E-state index in [1.54, 1.807) is 11.8 Å². The molecular formula is C12H13ClN4S. The molecule has 0 bridgehead atoms. The number of anilines is 2. The fourth-order valence-electron chi connectivity index (χ4n) is 1.77. The fraction of sp³-hybridized carbons (Fsp3) is 0.167. The van der Waals surface area contributed by atoms with Crippen LogP contribution in [0.1, 0.15) is 5.69 Å². The number of hydrogen-bond donors (Lipinski definition) is 2. The van der Waals surface area contributed by atoms with E-state index in [0.29, 0.717) is 10.8 Å². The van der Waals surface area contributed by atoms with Gasteiger partial charge in [0, 0.05) is 21.0 Å². The van der Waals surface area contributed by atoms with Gasteiger partial charge in [-0.2, -0.15) is 4.98 Å². The molecule has 2 aromatic rings. The number of halogens is 1. The molecule has 1 aromatic heterocycles. The third-order valence-corrected chi connectivity index (χ3v) is 3.63. The van der Waals surface area contributed by atoms with Crippen LogP contribution in [0.25, 0.3) is 11.1 Å². The van der Waals surface area contributed by atoms with Crippen molar-refractivity contribution in [2.45, 2.75) is 11.8 Å². The Bertz CT molecular complexity index is 578. The number of hydrogen-bond acceptors (Lipinski definition) is 5. The molecule has 0 saturated carbocycles. The van der Waals surface area contributed by atoms with Crippen LogP contribution >= 0.6 is 23.4 Å². The largest absolute Gasteiger partial charge is 0.383 e. The zero-order valence-corrected chi connectivity index (χ0v) is 11.6. The summed E-state index contributed by atoms with van der Waals surface area (Å²) >= 11 is 7.86. The molecule has 1 aromatic carbocycles. The molecule has 0 radical (unpaired) electrons. The van der Waals surface area contributed by atoms with Crippen LogP contribution in [-0.2, 0) is 0 Å². The highest BCUT2D eigenvalue weighted by Gasteiger charge is 2.14. The van der Waals surface area contributed by atoms with Gasteiger partial charge in [-0.3, -0.25) is 0 Å². The lowest BCUT2D eigenvalue weighted by molar-refractivity contribution is 1.13. The minimum Gasteiger partial charge on any atom is -0.383 e. The molecule has 0 spiro atoms. The second-order valence-electron chi connectivity index (χ2n) is 3.77. The maximum absolute atomic E-state index is 6.22. The molecule has 94 valence electrons. The number of benzene rings is 1. The summed E-state index contributed by atoms with van der Waals surface area (Å²) in [4.78, 5) is 9.22. The van der Waals surface area contributed by atoms with Crippen LogP contribution in [0.4, 0.5) is 11.8 Å². The lowest BCUT2D eigenvalue weighted by Crippen LogP contribution is -2.04. The summed E-state index contributed by atoms with van der Waals surface area (Å²) in [5.74, 6) is 0.519. The molecule has 4 nitrogen and oxygen atoms in total. The summed E-state index contributed by atoms with van der Waals surface area (Å²) in [6.45, 7) is 1.84. The number of aryl methyl sites for hydroxylation is 1. The fourth-order valence-corrected chi connectivity index (χ4v) is 2.43. The van der Waals surface area contributed by atoms with Gasteiger partial charge in [-0.25, -0.2) is 4.98 Å². The molecule has 2 rings (SSSR count). The molecular weight excluding hydrogens is 268 g/mol. The van der Waals surface area contributed by atoms with Crippen molar-refractivity contribution in [1.82, 2.24) is 9.97 Å². The molecule has 0 atom stereocenters. The lowest BCUT2D eigenvalue weighted by Gasteiger charge is -2.11. The van der Waals surface area contributed by atoms with Gasteiger partial charge in [-0.05, 0) is 31.4 Å². The Balaban J connectivity index is 2.68. The summed E-state index contributed by atoms with van der Waals surface area (Å²) < 4.78 is 0. The van der Waals surface area contributed by atoms with Crippen molar-refractivity contribution in [2.24, 2.45) is 0 Å². The Morgan fingerprint density at radius 1 is 1.22 bits per heavy atom. The van der Waals surface area contributed by atoms with E-state index in [0.717, 1.165) is 21.7 Å². The van der Waals surface area contributed by atoms with Gasteiger partial charge in [0.1, 0.15) is 5.82 Å². The van der Waals surface area contributed by atoms with Crippen molar-refractivity contribution >= 4 is 35.1 Å². The zero-order chi connectivity index (χ0) is 13.3. The van der Waals surface area contributed by atoms with Crippen LogP contribution in [-0.4, -0.2) is 16.2 Å². The number of nitrogens with two attached hydrogens (primary N) is 2. The molecule has 1 heterocycles. The summed E-state index contributed by atoms with van der Waals surface area (Å²) in [6, 6.07) is 5.78. The van der Waals surface area contributed by atoms with Crippen molar-refractivity contribution in [3.05, 3.63) is 28.9 Å². The third-order valence-electron chi connectivity index (χ3n) is 2.58. The van der Waals surface area contributed by atoms with E-state index in [1.165, 1.54) is 0 Å². The first kappa shape index (κ1) is 13.0. The minimum atomic E-state index is 0.172.